The molecule has 2 heterocycles. The summed E-state index contributed by atoms with van der Waals surface area (Å²) in [6.45, 7) is 1.77. The molecule has 1 atom stereocenters. The van der Waals surface area contributed by atoms with E-state index in [-0.39, 0.29) is 11.7 Å². The number of carbonyl (C=O) groups is 2. The van der Waals surface area contributed by atoms with Crippen molar-refractivity contribution in [3.8, 4) is 0 Å². The molecule has 0 saturated carbocycles. The molecule has 0 fully saturated rings. The maximum atomic E-state index is 12.2. The summed E-state index contributed by atoms with van der Waals surface area (Å²) < 4.78 is 1.76. The second-order valence-electron chi connectivity index (χ2n) is 4.72. The molecule has 0 saturated heterocycles. The van der Waals surface area contributed by atoms with Crippen LogP contribution in [0.4, 0.5) is 0 Å². The summed E-state index contributed by atoms with van der Waals surface area (Å²) in [6, 6.07) is 1.30. The minimum Gasteiger partial charge on any atom is -0.481 e. The number of carboxylic acid groups (broad SMARTS) is 1. The van der Waals surface area contributed by atoms with Crippen LogP contribution in [0.25, 0.3) is 11.0 Å². The molecule has 0 bridgehead atoms. The smallest absolute Gasteiger partial charge is 0.313 e. The molecule has 2 aromatic heterocycles. The maximum absolute atomic E-state index is 12.2. The fourth-order valence-corrected chi connectivity index (χ4v) is 2.83. The van der Waals surface area contributed by atoms with E-state index >= 15 is 0 Å². The summed E-state index contributed by atoms with van der Waals surface area (Å²) in [6.07, 6.45) is 3.22. The molecule has 0 radical (unpaired) electrons. The van der Waals surface area contributed by atoms with Crippen LogP contribution in [0, 0.1) is 0 Å². The number of amides is 1. The predicted molar refractivity (Wildman–Crippen MR) is 79.3 cm³/mol. The second kappa shape index (κ2) is 6.13. The minimum absolute atomic E-state index is 0.0803. The van der Waals surface area contributed by atoms with E-state index in [4.69, 9.17) is 5.11 Å². The van der Waals surface area contributed by atoms with Crippen molar-refractivity contribution in [3.05, 3.63) is 18.5 Å². The van der Waals surface area contributed by atoms with Gasteiger partial charge < -0.3 is 14.6 Å². The Kier molecular flexibility index (Phi) is 4.46. The van der Waals surface area contributed by atoms with Gasteiger partial charge in [-0.2, -0.15) is 0 Å². The third-order valence-electron chi connectivity index (χ3n) is 2.97. The van der Waals surface area contributed by atoms with Gasteiger partial charge >= 0.3 is 5.97 Å². The first-order valence-electron chi connectivity index (χ1n) is 6.29. The van der Waals surface area contributed by atoms with E-state index < -0.39 is 12.0 Å². The molecule has 1 N–H and O–H groups in total. The largest absolute Gasteiger partial charge is 0.481 e. The number of aliphatic carboxylic acids is 1. The first kappa shape index (κ1) is 15.3. The SMILES string of the molecule is CC(C(=O)N(C)C)n1c(SCC(=O)O)nc2cnccc21. The lowest BCUT2D eigenvalue weighted by molar-refractivity contribution is -0.134. The molecule has 0 aliphatic carbocycles. The van der Waals surface area contributed by atoms with Crippen LogP contribution in [0.3, 0.4) is 0 Å². The van der Waals surface area contributed by atoms with Crippen LogP contribution >= 0.6 is 11.8 Å². The Labute approximate surface area is 126 Å². The zero-order chi connectivity index (χ0) is 15.6. The number of likely N-dealkylation sites (N-methyl/N-ethyl adjacent to an activating group) is 1. The molecular formula is C13H16N4O3S. The van der Waals surface area contributed by atoms with Crippen LogP contribution in [0.5, 0.6) is 0 Å². The minimum atomic E-state index is -0.927. The van der Waals surface area contributed by atoms with Crippen molar-refractivity contribution in [3.63, 3.8) is 0 Å². The van der Waals surface area contributed by atoms with Gasteiger partial charge in [0.25, 0.3) is 0 Å². The number of rotatable bonds is 5. The molecule has 2 aromatic rings. The molecule has 1 amide bonds. The van der Waals surface area contributed by atoms with Crippen molar-refractivity contribution >= 4 is 34.7 Å². The van der Waals surface area contributed by atoms with E-state index in [0.717, 1.165) is 17.3 Å². The van der Waals surface area contributed by atoms with Gasteiger partial charge in [0, 0.05) is 20.3 Å². The Balaban J connectivity index is 2.49. The average Bonchev–Trinajstić information content (AvgIpc) is 2.81. The van der Waals surface area contributed by atoms with E-state index in [2.05, 4.69) is 9.97 Å². The predicted octanol–water partition coefficient (Wildman–Crippen LogP) is 1.26. The lowest BCUT2D eigenvalue weighted by Crippen LogP contribution is -2.30. The van der Waals surface area contributed by atoms with Crippen LogP contribution in [-0.2, 0) is 9.59 Å². The summed E-state index contributed by atoms with van der Waals surface area (Å²) >= 11 is 1.09. The number of carboxylic acids is 1. The number of pyridine rings is 1. The zero-order valence-electron chi connectivity index (χ0n) is 12.0. The molecule has 112 valence electrons. The highest BCUT2D eigenvalue weighted by Crippen LogP contribution is 2.28. The average molecular weight is 308 g/mol. The van der Waals surface area contributed by atoms with Gasteiger partial charge in [0.1, 0.15) is 11.6 Å². The van der Waals surface area contributed by atoms with Crippen LogP contribution in [0.2, 0.25) is 0 Å². The molecule has 0 aromatic carbocycles. The number of thioether (sulfide) groups is 1. The number of imidazole rings is 1. The maximum Gasteiger partial charge on any atom is 0.313 e. The lowest BCUT2D eigenvalue weighted by Gasteiger charge is -2.20. The number of hydrogen-bond donors (Lipinski definition) is 1. The van der Waals surface area contributed by atoms with Crippen LogP contribution in [0.15, 0.2) is 23.6 Å². The Morgan fingerprint density at radius 2 is 2.19 bits per heavy atom. The first-order chi connectivity index (χ1) is 9.91. The normalized spacial score (nSPS) is 12.3. The summed E-state index contributed by atoms with van der Waals surface area (Å²) in [4.78, 5) is 32.9. The standard InChI is InChI=1S/C13H16N4O3S/c1-8(12(20)16(2)3)17-10-4-5-14-6-9(10)15-13(17)21-7-11(18)19/h4-6,8H,7H2,1-3H3,(H,18,19). The molecular weight excluding hydrogens is 292 g/mol. The van der Waals surface area contributed by atoms with E-state index in [1.807, 2.05) is 0 Å². The van der Waals surface area contributed by atoms with Gasteiger partial charge in [0.15, 0.2) is 5.16 Å². The number of aromatic nitrogens is 3. The van der Waals surface area contributed by atoms with Crippen molar-refractivity contribution in [2.24, 2.45) is 0 Å². The number of fused-ring (bicyclic) bond motifs is 1. The Morgan fingerprint density at radius 1 is 1.48 bits per heavy atom. The van der Waals surface area contributed by atoms with E-state index in [9.17, 15) is 9.59 Å². The zero-order valence-corrected chi connectivity index (χ0v) is 12.8. The Hall–Kier alpha value is -2.09. The van der Waals surface area contributed by atoms with Gasteiger partial charge in [0.2, 0.25) is 5.91 Å². The fraction of sp³-hybridized carbons (Fsp3) is 0.385. The molecule has 21 heavy (non-hydrogen) atoms. The van der Waals surface area contributed by atoms with E-state index in [0.29, 0.717) is 10.7 Å². The Morgan fingerprint density at radius 3 is 2.81 bits per heavy atom. The second-order valence-corrected chi connectivity index (χ2v) is 5.66. The van der Waals surface area contributed by atoms with E-state index in [1.165, 1.54) is 4.90 Å². The molecule has 0 spiro atoms. The highest BCUT2D eigenvalue weighted by molar-refractivity contribution is 7.99. The van der Waals surface area contributed by atoms with Crippen LogP contribution in [0.1, 0.15) is 13.0 Å². The third kappa shape index (κ3) is 3.15. The number of nitrogens with zero attached hydrogens (tertiary/aromatic N) is 4. The summed E-state index contributed by atoms with van der Waals surface area (Å²) in [7, 11) is 3.37. The highest BCUT2D eigenvalue weighted by Gasteiger charge is 2.23. The van der Waals surface area contributed by atoms with Gasteiger partial charge in [-0.1, -0.05) is 11.8 Å². The number of carbonyl (C=O) groups excluding carboxylic acids is 1. The van der Waals surface area contributed by atoms with Crippen molar-refractivity contribution < 1.29 is 14.7 Å². The molecule has 0 aliphatic heterocycles. The van der Waals surface area contributed by atoms with Crippen molar-refractivity contribution in [1.29, 1.82) is 0 Å². The van der Waals surface area contributed by atoms with Gasteiger partial charge in [-0.25, -0.2) is 4.98 Å². The summed E-state index contributed by atoms with van der Waals surface area (Å²) in [5, 5.41) is 9.33. The van der Waals surface area contributed by atoms with E-state index in [1.54, 1.807) is 44.0 Å². The molecule has 7 nitrogen and oxygen atoms in total. The quantitative estimate of drug-likeness (QED) is 0.837. The molecule has 1 unspecified atom stereocenters. The first-order valence-corrected chi connectivity index (χ1v) is 7.28. The summed E-state index contributed by atoms with van der Waals surface area (Å²) in [5.74, 6) is -1.12. The van der Waals surface area contributed by atoms with Gasteiger partial charge in [-0.15, -0.1) is 0 Å². The lowest BCUT2D eigenvalue weighted by atomic mass is 10.3. The van der Waals surface area contributed by atoms with Crippen LogP contribution in [-0.4, -0.2) is 56.3 Å². The highest BCUT2D eigenvalue weighted by atomic mass is 32.2. The van der Waals surface area contributed by atoms with Crippen molar-refractivity contribution in [2.45, 2.75) is 18.1 Å². The van der Waals surface area contributed by atoms with Crippen LogP contribution < -0.4 is 0 Å². The van der Waals surface area contributed by atoms with Gasteiger partial charge in [-0.05, 0) is 13.0 Å². The molecule has 8 heteroatoms. The third-order valence-corrected chi connectivity index (χ3v) is 3.91. The monoisotopic (exact) mass is 308 g/mol. The molecule has 2 rings (SSSR count). The van der Waals surface area contributed by atoms with Gasteiger partial charge in [0.05, 0.1) is 17.5 Å². The fourth-order valence-electron chi connectivity index (χ4n) is 2.02. The van der Waals surface area contributed by atoms with Gasteiger partial charge in [-0.3, -0.25) is 14.6 Å². The van der Waals surface area contributed by atoms with Crippen molar-refractivity contribution in [1.82, 2.24) is 19.4 Å². The summed E-state index contributed by atoms with van der Waals surface area (Å²) in [5.41, 5.74) is 1.41. The van der Waals surface area contributed by atoms with Crippen molar-refractivity contribution in [2.75, 3.05) is 19.8 Å². The number of hydrogen-bond acceptors (Lipinski definition) is 5. The Bertz CT molecular complexity index is 683. The molecule has 0 aliphatic rings. The topological polar surface area (TPSA) is 88.3 Å².